The van der Waals surface area contributed by atoms with Crippen LogP contribution in [0.4, 0.5) is 0 Å². The minimum absolute atomic E-state index is 0.0741. The molecule has 116 valence electrons. The molecular formula is C15H25N5O. The zero-order chi connectivity index (χ0) is 14.7. The lowest BCUT2D eigenvalue weighted by molar-refractivity contribution is -0.136. The van der Waals surface area contributed by atoms with E-state index < -0.39 is 0 Å². The molecule has 0 aromatic carbocycles. The molecule has 1 unspecified atom stereocenters. The van der Waals surface area contributed by atoms with Gasteiger partial charge in [-0.3, -0.25) is 14.8 Å². The van der Waals surface area contributed by atoms with E-state index in [4.69, 9.17) is 0 Å². The van der Waals surface area contributed by atoms with Crippen molar-refractivity contribution in [2.75, 3.05) is 26.7 Å². The van der Waals surface area contributed by atoms with E-state index in [9.17, 15) is 4.79 Å². The SMILES string of the molecule is CN(Cc1cn[nH]c1)C(=O)C1CCCN1C1CCNCC1. The maximum atomic E-state index is 12.8. The number of amides is 1. The van der Waals surface area contributed by atoms with Crippen molar-refractivity contribution in [3.63, 3.8) is 0 Å². The lowest BCUT2D eigenvalue weighted by atomic mass is 10.0. The van der Waals surface area contributed by atoms with Crippen LogP contribution in [-0.4, -0.2) is 64.7 Å². The fraction of sp³-hybridized carbons (Fsp3) is 0.733. The Balaban J connectivity index is 1.62. The number of aromatic amines is 1. The summed E-state index contributed by atoms with van der Waals surface area (Å²) >= 11 is 0. The van der Waals surface area contributed by atoms with Gasteiger partial charge in [-0.15, -0.1) is 0 Å². The lowest BCUT2D eigenvalue weighted by Gasteiger charge is -2.36. The summed E-state index contributed by atoms with van der Waals surface area (Å²) in [5.41, 5.74) is 1.05. The average Bonchev–Trinajstić information content (AvgIpc) is 3.18. The molecule has 2 aliphatic rings. The first-order valence-electron chi connectivity index (χ1n) is 7.95. The number of hydrogen-bond donors (Lipinski definition) is 2. The van der Waals surface area contributed by atoms with Crippen LogP contribution in [0, 0.1) is 0 Å². The highest BCUT2D eigenvalue weighted by Crippen LogP contribution is 2.25. The van der Waals surface area contributed by atoms with E-state index >= 15 is 0 Å². The second kappa shape index (κ2) is 6.58. The first kappa shape index (κ1) is 14.5. The molecule has 3 rings (SSSR count). The molecule has 3 heterocycles. The van der Waals surface area contributed by atoms with Gasteiger partial charge in [-0.25, -0.2) is 0 Å². The number of hydrogen-bond acceptors (Lipinski definition) is 4. The summed E-state index contributed by atoms with van der Waals surface area (Å²) in [6.07, 6.45) is 8.09. The summed E-state index contributed by atoms with van der Waals surface area (Å²) < 4.78 is 0. The molecule has 1 aromatic rings. The predicted octanol–water partition coefficient (Wildman–Crippen LogP) is 0.585. The van der Waals surface area contributed by atoms with E-state index in [1.54, 1.807) is 6.20 Å². The standard InChI is InChI=1S/C15H25N5O/c1-19(11-12-9-17-18-10-12)15(21)14-3-2-8-20(14)13-4-6-16-7-5-13/h9-10,13-14,16H,2-8,11H2,1H3,(H,17,18). The van der Waals surface area contributed by atoms with Gasteiger partial charge in [-0.2, -0.15) is 5.10 Å². The van der Waals surface area contributed by atoms with Crippen molar-refractivity contribution in [2.24, 2.45) is 0 Å². The van der Waals surface area contributed by atoms with Gasteiger partial charge in [0.1, 0.15) is 0 Å². The number of likely N-dealkylation sites (N-methyl/N-ethyl adjacent to an activating group) is 1. The highest BCUT2D eigenvalue weighted by molar-refractivity contribution is 5.82. The third-order valence-corrected chi connectivity index (χ3v) is 4.71. The molecule has 2 N–H and O–H groups in total. The van der Waals surface area contributed by atoms with Gasteiger partial charge in [0.15, 0.2) is 0 Å². The molecule has 6 heteroatoms. The van der Waals surface area contributed by atoms with Gasteiger partial charge in [0.05, 0.1) is 12.2 Å². The number of likely N-dealkylation sites (tertiary alicyclic amines) is 1. The molecule has 1 amide bonds. The summed E-state index contributed by atoms with van der Waals surface area (Å²) in [6, 6.07) is 0.648. The van der Waals surface area contributed by atoms with Crippen molar-refractivity contribution in [3.8, 4) is 0 Å². The van der Waals surface area contributed by atoms with Crippen LogP contribution in [0.5, 0.6) is 0 Å². The van der Waals surface area contributed by atoms with Crippen LogP contribution in [0.25, 0.3) is 0 Å². The Bertz CT molecular complexity index is 455. The van der Waals surface area contributed by atoms with Crippen molar-refractivity contribution in [2.45, 2.75) is 44.3 Å². The molecule has 1 atom stereocenters. The fourth-order valence-electron chi connectivity index (χ4n) is 3.60. The van der Waals surface area contributed by atoms with Gasteiger partial charge in [-0.1, -0.05) is 0 Å². The Morgan fingerprint density at radius 2 is 2.24 bits per heavy atom. The molecule has 1 aromatic heterocycles. The number of aromatic nitrogens is 2. The van der Waals surface area contributed by atoms with Crippen LogP contribution < -0.4 is 5.32 Å². The minimum Gasteiger partial charge on any atom is -0.340 e. The number of carbonyl (C=O) groups is 1. The molecule has 6 nitrogen and oxygen atoms in total. The number of piperidine rings is 1. The normalized spacial score (nSPS) is 24.3. The lowest BCUT2D eigenvalue weighted by Crippen LogP contribution is -2.50. The maximum absolute atomic E-state index is 12.8. The highest BCUT2D eigenvalue weighted by Gasteiger charge is 2.36. The van der Waals surface area contributed by atoms with Crippen LogP contribution in [-0.2, 0) is 11.3 Å². The second-order valence-electron chi connectivity index (χ2n) is 6.18. The number of nitrogens with one attached hydrogen (secondary N) is 2. The topological polar surface area (TPSA) is 64.3 Å². The largest absolute Gasteiger partial charge is 0.340 e. The second-order valence-corrected chi connectivity index (χ2v) is 6.18. The Morgan fingerprint density at radius 1 is 1.43 bits per heavy atom. The van der Waals surface area contributed by atoms with Gasteiger partial charge in [0.2, 0.25) is 5.91 Å². The summed E-state index contributed by atoms with van der Waals surface area (Å²) in [4.78, 5) is 17.1. The molecular weight excluding hydrogens is 266 g/mol. The molecule has 0 aliphatic carbocycles. The molecule has 0 radical (unpaired) electrons. The quantitative estimate of drug-likeness (QED) is 0.852. The number of carbonyl (C=O) groups excluding carboxylic acids is 1. The van der Waals surface area contributed by atoms with E-state index in [-0.39, 0.29) is 11.9 Å². The summed E-state index contributed by atoms with van der Waals surface area (Å²) in [6.45, 7) is 3.85. The molecule has 2 aliphatic heterocycles. The van der Waals surface area contributed by atoms with Crippen molar-refractivity contribution in [3.05, 3.63) is 18.0 Å². The first-order chi connectivity index (χ1) is 10.3. The third kappa shape index (κ3) is 3.27. The highest BCUT2D eigenvalue weighted by atomic mass is 16.2. The monoisotopic (exact) mass is 291 g/mol. The summed E-state index contributed by atoms with van der Waals surface area (Å²) in [5.74, 6) is 0.257. The Hall–Kier alpha value is -1.40. The van der Waals surface area contributed by atoms with E-state index in [0.717, 1.165) is 50.9 Å². The van der Waals surface area contributed by atoms with Gasteiger partial charge in [0, 0.05) is 31.4 Å². The maximum Gasteiger partial charge on any atom is 0.239 e. The molecule has 2 saturated heterocycles. The Morgan fingerprint density at radius 3 is 2.95 bits per heavy atom. The van der Waals surface area contributed by atoms with Crippen LogP contribution in [0.2, 0.25) is 0 Å². The van der Waals surface area contributed by atoms with E-state index in [0.29, 0.717) is 12.6 Å². The zero-order valence-corrected chi connectivity index (χ0v) is 12.7. The molecule has 0 saturated carbocycles. The van der Waals surface area contributed by atoms with Gasteiger partial charge < -0.3 is 10.2 Å². The zero-order valence-electron chi connectivity index (χ0n) is 12.7. The van der Waals surface area contributed by atoms with Crippen molar-refractivity contribution in [1.29, 1.82) is 0 Å². The van der Waals surface area contributed by atoms with E-state index in [2.05, 4.69) is 20.4 Å². The van der Waals surface area contributed by atoms with Crippen LogP contribution in [0.1, 0.15) is 31.2 Å². The average molecular weight is 291 g/mol. The molecule has 2 fully saturated rings. The summed E-state index contributed by atoms with van der Waals surface area (Å²) in [5, 5.41) is 10.1. The third-order valence-electron chi connectivity index (χ3n) is 4.71. The van der Waals surface area contributed by atoms with Crippen molar-refractivity contribution in [1.82, 2.24) is 25.3 Å². The summed E-state index contributed by atoms with van der Waals surface area (Å²) in [7, 11) is 1.90. The van der Waals surface area contributed by atoms with Crippen LogP contribution >= 0.6 is 0 Å². The molecule has 0 bridgehead atoms. The van der Waals surface area contributed by atoms with Gasteiger partial charge >= 0.3 is 0 Å². The fourth-order valence-corrected chi connectivity index (χ4v) is 3.60. The first-order valence-corrected chi connectivity index (χ1v) is 7.95. The van der Waals surface area contributed by atoms with Gasteiger partial charge in [-0.05, 0) is 45.3 Å². The Labute approximate surface area is 125 Å². The van der Waals surface area contributed by atoms with Gasteiger partial charge in [0.25, 0.3) is 0 Å². The molecule has 0 spiro atoms. The predicted molar refractivity (Wildman–Crippen MR) is 80.7 cm³/mol. The van der Waals surface area contributed by atoms with E-state index in [1.165, 1.54) is 0 Å². The van der Waals surface area contributed by atoms with Crippen molar-refractivity contribution < 1.29 is 4.79 Å². The molecule has 21 heavy (non-hydrogen) atoms. The number of rotatable bonds is 4. The Kier molecular flexibility index (Phi) is 4.55. The minimum atomic E-state index is 0.0741. The van der Waals surface area contributed by atoms with Crippen molar-refractivity contribution >= 4 is 5.91 Å². The number of nitrogens with zero attached hydrogens (tertiary/aromatic N) is 3. The van der Waals surface area contributed by atoms with E-state index in [1.807, 2.05) is 18.1 Å². The van der Waals surface area contributed by atoms with Crippen LogP contribution in [0.3, 0.4) is 0 Å². The van der Waals surface area contributed by atoms with Crippen LogP contribution in [0.15, 0.2) is 12.4 Å². The smallest absolute Gasteiger partial charge is 0.239 e. The number of H-pyrrole nitrogens is 1.